The summed E-state index contributed by atoms with van der Waals surface area (Å²) in [7, 11) is 1.49. The Morgan fingerprint density at radius 1 is 1.19 bits per heavy atom. The maximum Gasteiger partial charge on any atom is 0.186 e. The molecular weight excluding hydrogens is 216 g/mol. The summed E-state index contributed by atoms with van der Waals surface area (Å²) in [6.07, 6.45) is -3.85. The van der Waals surface area contributed by atoms with E-state index in [0.29, 0.717) is 0 Å². The van der Waals surface area contributed by atoms with Gasteiger partial charge in [-0.25, -0.2) is 0 Å². The second-order valence-electron chi connectivity index (χ2n) is 4.56. The molecule has 2 heterocycles. The first-order valence-electron chi connectivity index (χ1n) is 5.31. The van der Waals surface area contributed by atoms with Gasteiger partial charge in [-0.15, -0.1) is 0 Å². The fraction of sp³-hybridized carbons (Fsp3) is 1.00. The second kappa shape index (κ2) is 4.21. The summed E-state index contributed by atoms with van der Waals surface area (Å²) in [4.78, 5) is 0. The predicted octanol–water partition coefficient (Wildman–Crippen LogP) is -0.769. The number of rotatable bonds is 1. The molecule has 6 heteroatoms. The van der Waals surface area contributed by atoms with Crippen molar-refractivity contribution in [1.82, 2.24) is 0 Å². The summed E-state index contributed by atoms with van der Waals surface area (Å²) in [5.74, 6) is -0.812. The standard InChI is InChI=1S/C10H18O6/c1-10(2)15-7-6(12)5(11)4-14-9(13-3)8(7)16-10/h5-9,11-12H,4H2,1-3H3/t5-,6-,7+,8-,9-/m1/s1. The topological polar surface area (TPSA) is 77.4 Å². The Morgan fingerprint density at radius 3 is 2.44 bits per heavy atom. The molecule has 0 radical (unpaired) electrons. The van der Waals surface area contributed by atoms with Crippen molar-refractivity contribution in [2.75, 3.05) is 13.7 Å². The Kier molecular flexibility index (Phi) is 3.22. The van der Waals surface area contributed by atoms with Gasteiger partial charge in [-0.05, 0) is 13.8 Å². The lowest BCUT2D eigenvalue weighted by Gasteiger charge is -2.23. The molecule has 0 bridgehead atoms. The number of hydrogen-bond acceptors (Lipinski definition) is 6. The molecule has 6 nitrogen and oxygen atoms in total. The van der Waals surface area contributed by atoms with Crippen LogP contribution in [-0.4, -0.2) is 60.4 Å². The molecular formula is C10H18O6. The van der Waals surface area contributed by atoms with Gasteiger partial charge in [0.25, 0.3) is 0 Å². The maximum atomic E-state index is 9.88. The van der Waals surface area contributed by atoms with Crippen molar-refractivity contribution in [3.8, 4) is 0 Å². The molecule has 0 amide bonds. The zero-order chi connectivity index (χ0) is 11.9. The highest BCUT2D eigenvalue weighted by Gasteiger charge is 2.52. The van der Waals surface area contributed by atoms with Gasteiger partial charge in [0.05, 0.1) is 6.61 Å². The van der Waals surface area contributed by atoms with Crippen molar-refractivity contribution in [3.63, 3.8) is 0 Å². The number of fused-ring (bicyclic) bond motifs is 1. The van der Waals surface area contributed by atoms with Crippen LogP contribution in [0.15, 0.2) is 0 Å². The maximum absolute atomic E-state index is 9.88. The van der Waals surface area contributed by atoms with E-state index in [0.717, 1.165) is 0 Å². The number of methoxy groups -OCH3 is 1. The van der Waals surface area contributed by atoms with E-state index in [1.165, 1.54) is 7.11 Å². The average Bonchev–Trinajstić information content (AvgIpc) is 2.49. The minimum Gasteiger partial charge on any atom is -0.388 e. The number of hydrogen-bond donors (Lipinski definition) is 2. The Hall–Kier alpha value is -0.240. The van der Waals surface area contributed by atoms with Gasteiger partial charge < -0.3 is 29.2 Å². The summed E-state index contributed by atoms with van der Waals surface area (Å²) in [6, 6.07) is 0. The highest BCUT2D eigenvalue weighted by atomic mass is 16.8. The van der Waals surface area contributed by atoms with Gasteiger partial charge >= 0.3 is 0 Å². The van der Waals surface area contributed by atoms with Crippen LogP contribution < -0.4 is 0 Å². The Morgan fingerprint density at radius 2 is 1.81 bits per heavy atom. The van der Waals surface area contributed by atoms with E-state index in [2.05, 4.69) is 0 Å². The Balaban J connectivity index is 2.21. The van der Waals surface area contributed by atoms with E-state index < -0.39 is 36.5 Å². The molecule has 2 aliphatic rings. The molecule has 0 spiro atoms. The lowest BCUT2D eigenvalue weighted by Crippen LogP contribution is -2.44. The molecule has 5 atom stereocenters. The van der Waals surface area contributed by atoms with Gasteiger partial charge in [-0.3, -0.25) is 0 Å². The summed E-state index contributed by atoms with van der Waals surface area (Å²) < 4.78 is 21.6. The van der Waals surface area contributed by atoms with Crippen LogP contribution in [0.2, 0.25) is 0 Å². The van der Waals surface area contributed by atoms with Crippen LogP contribution in [0.4, 0.5) is 0 Å². The predicted molar refractivity (Wildman–Crippen MR) is 52.6 cm³/mol. The number of aliphatic hydroxyl groups is 2. The van der Waals surface area contributed by atoms with E-state index in [1.807, 2.05) is 0 Å². The van der Waals surface area contributed by atoms with Crippen LogP contribution >= 0.6 is 0 Å². The van der Waals surface area contributed by atoms with Gasteiger partial charge in [-0.2, -0.15) is 0 Å². The third-order valence-electron chi connectivity index (χ3n) is 2.83. The zero-order valence-corrected chi connectivity index (χ0v) is 9.62. The van der Waals surface area contributed by atoms with Crippen LogP contribution in [-0.2, 0) is 18.9 Å². The largest absolute Gasteiger partial charge is 0.388 e. The molecule has 2 rings (SSSR count). The van der Waals surface area contributed by atoms with Crippen LogP contribution in [0.25, 0.3) is 0 Å². The van der Waals surface area contributed by atoms with Gasteiger partial charge in [0.1, 0.15) is 24.4 Å². The molecule has 2 aliphatic heterocycles. The van der Waals surface area contributed by atoms with Crippen molar-refractivity contribution in [3.05, 3.63) is 0 Å². The van der Waals surface area contributed by atoms with Crippen molar-refractivity contribution in [2.45, 2.75) is 50.3 Å². The first-order valence-corrected chi connectivity index (χ1v) is 5.31. The third kappa shape index (κ3) is 2.09. The monoisotopic (exact) mass is 234 g/mol. The van der Waals surface area contributed by atoms with E-state index in [-0.39, 0.29) is 6.61 Å². The van der Waals surface area contributed by atoms with Crippen LogP contribution in [0.3, 0.4) is 0 Å². The summed E-state index contributed by atoms with van der Waals surface area (Å²) in [5, 5.41) is 19.5. The van der Waals surface area contributed by atoms with Crippen LogP contribution in [0, 0.1) is 0 Å². The van der Waals surface area contributed by atoms with Gasteiger partial charge in [0.2, 0.25) is 0 Å². The summed E-state index contributed by atoms with van der Waals surface area (Å²) >= 11 is 0. The molecule has 2 saturated heterocycles. The normalized spacial score (nSPS) is 47.4. The molecule has 0 aromatic heterocycles. The van der Waals surface area contributed by atoms with Gasteiger partial charge in [0.15, 0.2) is 12.1 Å². The molecule has 0 saturated carbocycles. The van der Waals surface area contributed by atoms with Crippen LogP contribution in [0.5, 0.6) is 0 Å². The van der Waals surface area contributed by atoms with E-state index in [4.69, 9.17) is 18.9 Å². The molecule has 0 aromatic carbocycles. The summed E-state index contributed by atoms with van der Waals surface area (Å²) in [5.41, 5.74) is 0. The molecule has 0 aromatic rings. The molecule has 94 valence electrons. The minimum absolute atomic E-state index is 0.000177. The minimum atomic E-state index is -1.04. The third-order valence-corrected chi connectivity index (χ3v) is 2.83. The fourth-order valence-corrected chi connectivity index (χ4v) is 2.10. The summed E-state index contributed by atoms with van der Waals surface area (Å²) in [6.45, 7) is 3.49. The highest BCUT2D eigenvalue weighted by Crippen LogP contribution is 2.35. The molecule has 0 unspecified atom stereocenters. The van der Waals surface area contributed by atoms with E-state index >= 15 is 0 Å². The second-order valence-corrected chi connectivity index (χ2v) is 4.56. The molecule has 2 N–H and O–H groups in total. The van der Waals surface area contributed by atoms with Crippen molar-refractivity contribution in [2.24, 2.45) is 0 Å². The Labute approximate surface area is 94.1 Å². The van der Waals surface area contributed by atoms with E-state index in [1.54, 1.807) is 13.8 Å². The van der Waals surface area contributed by atoms with Gasteiger partial charge in [0, 0.05) is 7.11 Å². The van der Waals surface area contributed by atoms with Crippen molar-refractivity contribution >= 4 is 0 Å². The first-order chi connectivity index (χ1) is 7.44. The van der Waals surface area contributed by atoms with Crippen molar-refractivity contribution < 1.29 is 29.2 Å². The SMILES string of the molecule is CO[C@@H]1OC[C@@H](O)[C@@H](O)[C@@H]2OC(C)(C)O[C@@H]12. The number of aliphatic hydroxyl groups excluding tert-OH is 2. The quantitative estimate of drug-likeness (QED) is 0.620. The lowest BCUT2D eigenvalue weighted by atomic mass is 10.0. The molecule has 2 fully saturated rings. The van der Waals surface area contributed by atoms with Crippen LogP contribution in [0.1, 0.15) is 13.8 Å². The zero-order valence-electron chi connectivity index (χ0n) is 9.62. The fourth-order valence-electron chi connectivity index (χ4n) is 2.10. The van der Waals surface area contributed by atoms with Crippen molar-refractivity contribution in [1.29, 1.82) is 0 Å². The smallest absolute Gasteiger partial charge is 0.186 e. The molecule has 16 heavy (non-hydrogen) atoms. The lowest BCUT2D eigenvalue weighted by molar-refractivity contribution is -0.218. The Bertz CT molecular complexity index is 248. The van der Waals surface area contributed by atoms with E-state index in [9.17, 15) is 10.2 Å². The first kappa shape index (κ1) is 12.2. The van der Waals surface area contributed by atoms with Gasteiger partial charge in [-0.1, -0.05) is 0 Å². The number of ether oxygens (including phenoxy) is 4. The average molecular weight is 234 g/mol. The molecule has 0 aliphatic carbocycles. The highest BCUT2D eigenvalue weighted by molar-refractivity contribution is 4.93.